The lowest BCUT2D eigenvalue weighted by Crippen LogP contribution is -2.18. The summed E-state index contributed by atoms with van der Waals surface area (Å²) in [6.45, 7) is 2.95. The summed E-state index contributed by atoms with van der Waals surface area (Å²) in [6.07, 6.45) is 7.22. The van der Waals surface area contributed by atoms with Gasteiger partial charge in [0.1, 0.15) is 5.69 Å². The molecule has 0 bridgehead atoms. The summed E-state index contributed by atoms with van der Waals surface area (Å²) < 4.78 is 1.83. The molecule has 1 aliphatic rings. The van der Waals surface area contributed by atoms with Crippen molar-refractivity contribution in [2.45, 2.75) is 45.6 Å². The first-order chi connectivity index (χ1) is 7.31. The molecule has 0 atom stereocenters. The van der Waals surface area contributed by atoms with E-state index in [4.69, 9.17) is 0 Å². The third-order valence-corrected chi connectivity index (χ3v) is 3.14. The van der Waals surface area contributed by atoms with E-state index in [-0.39, 0.29) is 5.78 Å². The number of aryl methyl sites for hydroxylation is 1. The lowest BCUT2D eigenvalue weighted by atomic mass is 9.81. The quantitative estimate of drug-likeness (QED) is 0.694. The number of Topliss-reactive ketones (excluding diaryl/α,β-unsaturated/α-hetero) is 1. The van der Waals surface area contributed by atoms with Crippen LogP contribution in [0.1, 0.15) is 49.5 Å². The van der Waals surface area contributed by atoms with E-state index in [1.807, 2.05) is 10.7 Å². The van der Waals surface area contributed by atoms with E-state index < -0.39 is 0 Å². The van der Waals surface area contributed by atoms with Gasteiger partial charge in [-0.3, -0.25) is 9.48 Å². The minimum Gasteiger partial charge on any atom is -0.292 e. The molecule has 0 spiro atoms. The van der Waals surface area contributed by atoms with E-state index in [1.54, 1.807) is 6.20 Å². The molecule has 0 amide bonds. The third-order valence-electron chi connectivity index (χ3n) is 3.14. The standard InChI is InChI=1S/C12H18N2O/c1-2-8-14-11(6-7-13-14)12(15)9-10-4-3-5-10/h6-7,10H,2-5,8-9H2,1H3. The number of carbonyl (C=O) groups excluding carboxylic acids is 1. The van der Waals surface area contributed by atoms with Gasteiger partial charge in [-0.15, -0.1) is 0 Å². The molecule has 2 rings (SSSR count). The largest absolute Gasteiger partial charge is 0.292 e. The maximum atomic E-state index is 11.9. The van der Waals surface area contributed by atoms with Crippen molar-refractivity contribution in [1.29, 1.82) is 0 Å². The highest BCUT2D eigenvalue weighted by atomic mass is 16.1. The van der Waals surface area contributed by atoms with Crippen LogP contribution in [-0.4, -0.2) is 15.6 Å². The first-order valence-electron chi connectivity index (χ1n) is 5.86. The molecule has 0 aliphatic heterocycles. The summed E-state index contributed by atoms with van der Waals surface area (Å²) in [5.74, 6) is 0.910. The van der Waals surface area contributed by atoms with Crippen LogP contribution < -0.4 is 0 Å². The SMILES string of the molecule is CCCn1nccc1C(=O)CC1CCC1. The van der Waals surface area contributed by atoms with Crippen LogP contribution in [0.5, 0.6) is 0 Å². The zero-order valence-corrected chi connectivity index (χ0v) is 9.28. The minimum absolute atomic E-state index is 0.269. The number of hydrogen-bond donors (Lipinski definition) is 0. The number of carbonyl (C=O) groups is 1. The lowest BCUT2D eigenvalue weighted by Gasteiger charge is -2.24. The summed E-state index contributed by atoms with van der Waals surface area (Å²) in [5.41, 5.74) is 0.795. The maximum Gasteiger partial charge on any atom is 0.181 e. The minimum atomic E-state index is 0.269. The van der Waals surface area contributed by atoms with E-state index in [0.29, 0.717) is 5.92 Å². The predicted molar refractivity (Wildman–Crippen MR) is 58.8 cm³/mol. The number of ketones is 1. The van der Waals surface area contributed by atoms with Crippen LogP contribution in [-0.2, 0) is 6.54 Å². The number of nitrogens with zero attached hydrogens (tertiary/aromatic N) is 2. The molecule has 1 aromatic heterocycles. The molecular weight excluding hydrogens is 188 g/mol. The summed E-state index contributed by atoms with van der Waals surface area (Å²) in [4.78, 5) is 11.9. The maximum absolute atomic E-state index is 11.9. The summed E-state index contributed by atoms with van der Waals surface area (Å²) in [6, 6.07) is 1.84. The molecule has 1 heterocycles. The topological polar surface area (TPSA) is 34.9 Å². The van der Waals surface area contributed by atoms with E-state index in [0.717, 1.165) is 25.1 Å². The van der Waals surface area contributed by atoms with Gasteiger partial charge in [-0.05, 0) is 18.4 Å². The zero-order chi connectivity index (χ0) is 10.7. The second kappa shape index (κ2) is 4.60. The van der Waals surface area contributed by atoms with Gasteiger partial charge in [0.05, 0.1) is 0 Å². The Bertz CT molecular complexity index is 339. The monoisotopic (exact) mass is 206 g/mol. The molecule has 0 radical (unpaired) electrons. The molecule has 0 N–H and O–H groups in total. The van der Waals surface area contributed by atoms with Crippen molar-refractivity contribution in [2.24, 2.45) is 5.92 Å². The normalized spacial score (nSPS) is 16.3. The van der Waals surface area contributed by atoms with Gasteiger partial charge >= 0.3 is 0 Å². The smallest absolute Gasteiger partial charge is 0.181 e. The van der Waals surface area contributed by atoms with Gasteiger partial charge in [-0.25, -0.2) is 0 Å². The van der Waals surface area contributed by atoms with Crippen LogP contribution in [0.25, 0.3) is 0 Å². The Hall–Kier alpha value is -1.12. The van der Waals surface area contributed by atoms with E-state index in [9.17, 15) is 4.79 Å². The van der Waals surface area contributed by atoms with Crippen LogP contribution in [0.2, 0.25) is 0 Å². The van der Waals surface area contributed by atoms with Crippen LogP contribution in [0.3, 0.4) is 0 Å². The Morgan fingerprint density at radius 2 is 2.40 bits per heavy atom. The number of aromatic nitrogens is 2. The Morgan fingerprint density at radius 1 is 1.60 bits per heavy atom. The van der Waals surface area contributed by atoms with Gasteiger partial charge < -0.3 is 0 Å². The summed E-state index contributed by atoms with van der Waals surface area (Å²) in [5, 5.41) is 4.17. The molecule has 1 saturated carbocycles. The van der Waals surface area contributed by atoms with Crippen molar-refractivity contribution >= 4 is 5.78 Å². The number of rotatable bonds is 5. The Kier molecular flexibility index (Phi) is 3.19. The van der Waals surface area contributed by atoms with Crippen LogP contribution in [0.4, 0.5) is 0 Å². The van der Waals surface area contributed by atoms with E-state index in [2.05, 4.69) is 12.0 Å². The van der Waals surface area contributed by atoms with Gasteiger partial charge in [-0.1, -0.05) is 26.2 Å². The third kappa shape index (κ3) is 2.28. The van der Waals surface area contributed by atoms with Gasteiger partial charge in [0.25, 0.3) is 0 Å². The average molecular weight is 206 g/mol. The highest BCUT2D eigenvalue weighted by Gasteiger charge is 2.22. The van der Waals surface area contributed by atoms with Crippen LogP contribution >= 0.6 is 0 Å². The fraction of sp³-hybridized carbons (Fsp3) is 0.667. The molecule has 3 heteroatoms. The van der Waals surface area contributed by atoms with Crippen molar-refractivity contribution in [3.8, 4) is 0 Å². The van der Waals surface area contributed by atoms with Crippen molar-refractivity contribution in [3.63, 3.8) is 0 Å². The second-order valence-corrected chi connectivity index (χ2v) is 4.36. The van der Waals surface area contributed by atoms with Crippen molar-refractivity contribution in [3.05, 3.63) is 18.0 Å². The lowest BCUT2D eigenvalue weighted by molar-refractivity contribution is 0.0925. The molecule has 82 valence electrons. The Labute approximate surface area is 90.5 Å². The van der Waals surface area contributed by atoms with Gasteiger partial charge in [0.15, 0.2) is 5.78 Å². The average Bonchev–Trinajstić information content (AvgIpc) is 2.60. The molecule has 1 fully saturated rings. The van der Waals surface area contributed by atoms with E-state index >= 15 is 0 Å². The van der Waals surface area contributed by atoms with Crippen molar-refractivity contribution < 1.29 is 4.79 Å². The molecule has 0 unspecified atom stereocenters. The first kappa shape index (κ1) is 10.4. The van der Waals surface area contributed by atoms with Gasteiger partial charge in [0, 0.05) is 19.2 Å². The fourth-order valence-corrected chi connectivity index (χ4v) is 2.02. The van der Waals surface area contributed by atoms with Gasteiger partial charge in [-0.2, -0.15) is 5.10 Å². The van der Waals surface area contributed by atoms with Crippen LogP contribution in [0, 0.1) is 5.92 Å². The van der Waals surface area contributed by atoms with Crippen molar-refractivity contribution in [1.82, 2.24) is 9.78 Å². The Morgan fingerprint density at radius 3 is 3.00 bits per heavy atom. The van der Waals surface area contributed by atoms with E-state index in [1.165, 1.54) is 19.3 Å². The molecule has 1 aliphatic carbocycles. The van der Waals surface area contributed by atoms with Crippen LogP contribution in [0.15, 0.2) is 12.3 Å². The molecule has 15 heavy (non-hydrogen) atoms. The van der Waals surface area contributed by atoms with Crippen molar-refractivity contribution in [2.75, 3.05) is 0 Å². The highest BCUT2D eigenvalue weighted by Crippen LogP contribution is 2.30. The molecule has 0 aromatic carbocycles. The zero-order valence-electron chi connectivity index (χ0n) is 9.28. The molecule has 1 aromatic rings. The molecule has 0 saturated heterocycles. The first-order valence-corrected chi connectivity index (χ1v) is 5.86. The summed E-state index contributed by atoms with van der Waals surface area (Å²) in [7, 11) is 0. The molecule has 3 nitrogen and oxygen atoms in total. The fourth-order valence-electron chi connectivity index (χ4n) is 2.02. The predicted octanol–water partition coefficient (Wildman–Crippen LogP) is 2.67. The number of hydrogen-bond acceptors (Lipinski definition) is 2. The molecular formula is C12H18N2O. The van der Waals surface area contributed by atoms with Gasteiger partial charge in [0.2, 0.25) is 0 Å². The Balaban J connectivity index is 2.00. The summed E-state index contributed by atoms with van der Waals surface area (Å²) >= 11 is 0. The highest BCUT2D eigenvalue weighted by molar-refractivity contribution is 5.94. The second-order valence-electron chi connectivity index (χ2n) is 4.36.